The van der Waals surface area contributed by atoms with Crippen LogP contribution in [0.15, 0.2) is 0 Å². The van der Waals surface area contributed by atoms with Gasteiger partial charge in [-0.15, -0.1) is 0 Å². The Morgan fingerprint density at radius 1 is 1.40 bits per heavy atom. The number of ether oxygens (including phenoxy) is 1. The minimum Gasteiger partial charge on any atom is -0.377 e. The summed E-state index contributed by atoms with van der Waals surface area (Å²) in [5, 5.41) is 3.47. The molecule has 1 fully saturated rings. The molecule has 1 aliphatic heterocycles. The fourth-order valence-electron chi connectivity index (χ4n) is 1.63. The monoisotopic (exact) mass is 231 g/mol. The van der Waals surface area contributed by atoms with E-state index in [-0.39, 0.29) is 0 Å². The highest BCUT2D eigenvalue weighted by Gasteiger charge is 2.13. The number of rotatable bonds is 8. The minimum atomic E-state index is 0.491. The molecule has 0 aliphatic carbocycles. The van der Waals surface area contributed by atoms with Gasteiger partial charge in [-0.2, -0.15) is 11.8 Å². The van der Waals surface area contributed by atoms with Crippen LogP contribution in [0.5, 0.6) is 0 Å². The molecule has 0 aromatic rings. The average Bonchev–Trinajstić information content (AvgIpc) is 2.68. The summed E-state index contributed by atoms with van der Waals surface area (Å²) in [6, 6.07) is 0. The van der Waals surface area contributed by atoms with Gasteiger partial charge < -0.3 is 10.1 Å². The van der Waals surface area contributed by atoms with E-state index in [1.54, 1.807) is 0 Å². The SMILES string of the molecule is CC(C)CCSCCNCC1CCCO1. The minimum absolute atomic E-state index is 0.491. The molecular weight excluding hydrogens is 206 g/mol. The van der Waals surface area contributed by atoms with E-state index in [0.717, 1.165) is 25.6 Å². The smallest absolute Gasteiger partial charge is 0.0700 e. The van der Waals surface area contributed by atoms with Crippen LogP contribution in [0.25, 0.3) is 0 Å². The third-order valence-electron chi connectivity index (χ3n) is 2.66. The maximum absolute atomic E-state index is 5.54. The first-order chi connectivity index (χ1) is 7.29. The van der Waals surface area contributed by atoms with Crippen LogP contribution in [-0.4, -0.2) is 37.3 Å². The first-order valence-electron chi connectivity index (χ1n) is 6.19. The summed E-state index contributed by atoms with van der Waals surface area (Å²) in [5.41, 5.74) is 0. The van der Waals surface area contributed by atoms with Crippen molar-refractivity contribution in [2.45, 2.75) is 39.2 Å². The zero-order chi connectivity index (χ0) is 10.9. The Morgan fingerprint density at radius 3 is 2.93 bits per heavy atom. The molecule has 0 saturated carbocycles. The van der Waals surface area contributed by atoms with Gasteiger partial charge in [-0.3, -0.25) is 0 Å². The lowest BCUT2D eigenvalue weighted by molar-refractivity contribution is 0.110. The summed E-state index contributed by atoms with van der Waals surface area (Å²) in [4.78, 5) is 0. The molecule has 0 amide bonds. The number of hydrogen-bond acceptors (Lipinski definition) is 3. The van der Waals surface area contributed by atoms with E-state index in [0.29, 0.717) is 6.10 Å². The molecule has 1 N–H and O–H groups in total. The zero-order valence-electron chi connectivity index (χ0n) is 10.1. The first-order valence-corrected chi connectivity index (χ1v) is 7.34. The zero-order valence-corrected chi connectivity index (χ0v) is 10.9. The Labute approximate surface area is 98.5 Å². The molecule has 1 saturated heterocycles. The highest BCUT2D eigenvalue weighted by molar-refractivity contribution is 7.99. The van der Waals surface area contributed by atoms with Crippen LogP contribution in [-0.2, 0) is 4.74 Å². The van der Waals surface area contributed by atoms with Crippen LogP contribution >= 0.6 is 11.8 Å². The van der Waals surface area contributed by atoms with E-state index < -0.39 is 0 Å². The lowest BCUT2D eigenvalue weighted by atomic mass is 10.2. The third kappa shape index (κ3) is 7.20. The summed E-state index contributed by atoms with van der Waals surface area (Å²) in [7, 11) is 0. The van der Waals surface area contributed by atoms with Gasteiger partial charge in [-0.05, 0) is 30.9 Å². The van der Waals surface area contributed by atoms with E-state index in [9.17, 15) is 0 Å². The Bertz CT molecular complexity index is 147. The fraction of sp³-hybridized carbons (Fsp3) is 1.00. The van der Waals surface area contributed by atoms with Crippen molar-refractivity contribution >= 4 is 11.8 Å². The predicted octanol–water partition coefficient (Wildman–Crippen LogP) is 2.53. The van der Waals surface area contributed by atoms with Crippen molar-refractivity contribution in [2.24, 2.45) is 5.92 Å². The standard InChI is InChI=1S/C12H25NOS/c1-11(2)5-8-15-9-6-13-10-12-4-3-7-14-12/h11-13H,3-10H2,1-2H3. The topological polar surface area (TPSA) is 21.3 Å². The number of thioether (sulfide) groups is 1. The lowest BCUT2D eigenvalue weighted by Crippen LogP contribution is -2.28. The summed E-state index contributed by atoms with van der Waals surface area (Å²) in [5.74, 6) is 3.39. The van der Waals surface area contributed by atoms with E-state index >= 15 is 0 Å². The molecule has 90 valence electrons. The van der Waals surface area contributed by atoms with Crippen molar-refractivity contribution in [1.82, 2.24) is 5.32 Å². The molecule has 1 atom stereocenters. The largest absolute Gasteiger partial charge is 0.377 e. The van der Waals surface area contributed by atoms with Gasteiger partial charge in [0, 0.05) is 25.4 Å². The molecule has 1 rings (SSSR count). The molecule has 0 aromatic heterocycles. The van der Waals surface area contributed by atoms with Gasteiger partial charge in [-0.1, -0.05) is 13.8 Å². The molecular formula is C12H25NOS. The van der Waals surface area contributed by atoms with Gasteiger partial charge in [0.1, 0.15) is 0 Å². The molecule has 1 unspecified atom stereocenters. The van der Waals surface area contributed by atoms with Gasteiger partial charge >= 0.3 is 0 Å². The van der Waals surface area contributed by atoms with Crippen LogP contribution < -0.4 is 5.32 Å². The molecule has 0 radical (unpaired) electrons. The first kappa shape index (κ1) is 13.3. The maximum atomic E-state index is 5.54. The Hall–Kier alpha value is 0.270. The van der Waals surface area contributed by atoms with Crippen molar-refractivity contribution in [3.8, 4) is 0 Å². The van der Waals surface area contributed by atoms with Crippen molar-refractivity contribution in [3.05, 3.63) is 0 Å². The van der Waals surface area contributed by atoms with Crippen molar-refractivity contribution < 1.29 is 4.74 Å². The van der Waals surface area contributed by atoms with Gasteiger partial charge in [-0.25, -0.2) is 0 Å². The van der Waals surface area contributed by atoms with Gasteiger partial charge in [0.2, 0.25) is 0 Å². The highest BCUT2D eigenvalue weighted by Crippen LogP contribution is 2.11. The van der Waals surface area contributed by atoms with Gasteiger partial charge in [0.15, 0.2) is 0 Å². The molecule has 15 heavy (non-hydrogen) atoms. The molecule has 2 nitrogen and oxygen atoms in total. The van der Waals surface area contributed by atoms with Crippen LogP contribution in [0.3, 0.4) is 0 Å². The molecule has 0 bridgehead atoms. The van der Waals surface area contributed by atoms with Crippen LogP contribution in [0, 0.1) is 5.92 Å². The summed E-state index contributed by atoms with van der Waals surface area (Å²) in [6.07, 6.45) is 4.32. The summed E-state index contributed by atoms with van der Waals surface area (Å²) < 4.78 is 5.54. The molecule has 3 heteroatoms. The second-order valence-corrected chi connectivity index (χ2v) is 5.86. The average molecular weight is 231 g/mol. The van der Waals surface area contributed by atoms with Crippen LogP contribution in [0.4, 0.5) is 0 Å². The van der Waals surface area contributed by atoms with Crippen LogP contribution in [0.1, 0.15) is 33.1 Å². The summed E-state index contributed by atoms with van der Waals surface area (Å²) >= 11 is 2.06. The summed E-state index contributed by atoms with van der Waals surface area (Å²) in [6.45, 7) is 7.72. The number of hydrogen-bond donors (Lipinski definition) is 1. The second kappa shape index (κ2) is 8.43. The normalized spacial score (nSPS) is 21.4. The van der Waals surface area contributed by atoms with E-state index in [1.807, 2.05) is 0 Å². The quantitative estimate of drug-likeness (QED) is 0.649. The van der Waals surface area contributed by atoms with Crippen molar-refractivity contribution in [2.75, 3.05) is 31.2 Å². The van der Waals surface area contributed by atoms with Crippen LogP contribution in [0.2, 0.25) is 0 Å². The Balaban J connectivity index is 1.76. The van der Waals surface area contributed by atoms with E-state index in [2.05, 4.69) is 30.9 Å². The van der Waals surface area contributed by atoms with E-state index in [4.69, 9.17) is 4.74 Å². The van der Waals surface area contributed by atoms with Gasteiger partial charge in [0.05, 0.1) is 6.10 Å². The molecule has 1 aliphatic rings. The third-order valence-corrected chi connectivity index (χ3v) is 3.68. The Morgan fingerprint density at radius 2 is 2.27 bits per heavy atom. The fourth-order valence-corrected chi connectivity index (χ4v) is 2.76. The maximum Gasteiger partial charge on any atom is 0.0700 e. The van der Waals surface area contributed by atoms with Crippen molar-refractivity contribution in [1.29, 1.82) is 0 Å². The molecule has 1 heterocycles. The lowest BCUT2D eigenvalue weighted by Gasteiger charge is -2.10. The highest BCUT2D eigenvalue weighted by atomic mass is 32.2. The van der Waals surface area contributed by atoms with E-state index in [1.165, 1.54) is 30.8 Å². The predicted molar refractivity (Wildman–Crippen MR) is 68.6 cm³/mol. The molecule has 0 aromatic carbocycles. The Kier molecular flexibility index (Phi) is 7.49. The van der Waals surface area contributed by atoms with Crippen molar-refractivity contribution in [3.63, 3.8) is 0 Å². The van der Waals surface area contributed by atoms with Gasteiger partial charge in [0.25, 0.3) is 0 Å². The second-order valence-electron chi connectivity index (χ2n) is 4.63. The number of nitrogens with one attached hydrogen (secondary N) is 1. The molecule has 0 spiro atoms.